The van der Waals surface area contributed by atoms with Crippen molar-refractivity contribution in [2.24, 2.45) is 0 Å². The summed E-state index contributed by atoms with van der Waals surface area (Å²) in [5, 5.41) is 0.510. The second-order valence-electron chi connectivity index (χ2n) is 4.54. The molecule has 1 aliphatic heterocycles. The number of allylic oxidation sites excluding steroid dienone is 1. The van der Waals surface area contributed by atoms with Gasteiger partial charge in [0.05, 0.1) is 10.6 Å². The Bertz CT molecular complexity index is 872. The SMILES string of the molecule is O=C1/C(=C/c2cccc(Cl)c2)NS(=O)(=O)c2ccccc21. The molecule has 2 aromatic carbocycles. The number of carbonyl (C=O) groups excluding carboxylic acids is 1. The van der Waals surface area contributed by atoms with E-state index in [0.29, 0.717) is 10.6 Å². The zero-order valence-corrected chi connectivity index (χ0v) is 12.3. The van der Waals surface area contributed by atoms with E-state index >= 15 is 0 Å². The first-order valence-electron chi connectivity index (χ1n) is 6.11. The number of fused-ring (bicyclic) bond motifs is 1. The molecule has 1 N–H and O–H groups in total. The van der Waals surface area contributed by atoms with E-state index in [1.165, 1.54) is 18.2 Å². The van der Waals surface area contributed by atoms with Crippen LogP contribution in [0.15, 0.2) is 59.1 Å². The Morgan fingerprint density at radius 2 is 1.81 bits per heavy atom. The summed E-state index contributed by atoms with van der Waals surface area (Å²) >= 11 is 5.88. The quantitative estimate of drug-likeness (QED) is 0.822. The summed E-state index contributed by atoms with van der Waals surface area (Å²) in [6.07, 6.45) is 1.47. The van der Waals surface area contributed by atoms with Crippen LogP contribution < -0.4 is 4.72 Å². The molecular weight excluding hydrogens is 310 g/mol. The molecule has 6 heteroatoms. The van der Waals surface area contributed by atoms with E-state index in [0.717, 1.165) is 0 Å². The monoisotopic (exact) mass is 319 g/mol. The van der Waals surface area contributed by atoms with Crippen LogP contribution in [-0.4, -0.2) is 14.2 Å². The standard InChI is InChI=1S/C15H10ClNO3S/c16-11-5-3-4-10(8-11)9-13-15(18)12-6-1-2-7-14(12)21(19,20)17-13/h1-9,17H/b13-9-. The van der Waals surface area contributed by atoms with E-state index in [-0.39, 0.29) is 21.9 Å². The Morgan fingerprint density at radius 3 is 2.57 bits per heavy atom. The van der Waals surface area contributed by atoms with Gasteiger partial charge in [-0.05, 0) is 35.9 Å². The van der Waals surface area contributed by atoms with Gasteiger partial charge in [0.1, 0.15) is 0 Å². The van der Waals surface area contributed by atoms with Crippen LogP contribution in [0.5, 0.6) is 0 Å². The number of rotatable bonds is 1. The Balaban J connectivity index is 2.13. The highest BCUT2D eigenvalue weighted by Crippen LogP contribution is 2.25. The molecule has 106 valence electrons. The predicted octanol–water partition coefficient (Wildman–Crippen LogP) is 2.86. The summed E-state index contributed by atoms with van der Waals surface area (Å²) in [5.74, 6) is -0.361. The van der Waals surface area contributed by atoms with Gasteiger partial charge in [0.25, 0.3) is 10.0 Å². The minimum Gasteiger partial charge on any atom is -0.287 e. The molecule has 0 radical (unpaired) electrons. The van der Waals surface area contributed by atoms with Crippen molar-refractivity contribution in [2.75, 3.05) is 0 Å². The molecule has 0 amide bonds. The number of hydrogen-bond donors (Lipinski definition) is 1. The Labute approximate surface area is 127 Å². The zero-order valence-electron chi connectivity index (χ0n) is 10.7. The molecule has 21 heavy (non-hydrogen) atoms. The van der Waals surface area contributed by atoms with E-state index in [4.69, 9.17) is 11.6 Å². The molecule has 1 heterocycles. The number of Topliss-reactive ketones (excluding diaryl/α,β-unsaturated/α-hetero) is 1. The highest BCUT2D eigenvalue weighted by molar-refractivity contribution is 7.90. The molecule has 0 aliphatic carbocycles. The maximum atomic E-state index is 12.4. The van der Waals surface area contributed by atoms with E-state index < -0.39 is 10.0 Å². The lowest BCUT2D eigenvalue weighted by Gasteiger charge is -2.19. The summed E-state index contributed by atoms with van der Waals surface area (Å²) < 4.78 is 26.6. The van der Waals surface area contributed by atoms with E-state index in [1.54, 1.807) is 36.4 Å². The predicted molar refractivity (Wildman–Crippen MR) is 80.5 cm³/mol. The van der Waals surface area contributed by atoms with Crippen LogP contribution in [0, 0.1) is 0 Å². The van der Waals surface area contributed by atoms with Gasteiger partial charge >= 0.3 is 0 Å². The number of ketones is 1. The van der Waals surface area contributed by atoms with Crippen molar-refractivity contribution in [2.45, 2.75) is 4.90 Å². The number of benzene rings is 2. The van der Waals surface area contributed by atoms with Gasteiger partial charge in [0.15, 0.2) is 0 Å². The van der Waals surface area contributed by atoms with Gasteiger partial charge in [-0.2, -0.15) is 0 Å². The summed E-state index contributed by atoms with van der Waals surface area (Å²) in [7, 11) is -3.73. The molecule has 2 aromatic rings. The number of hydrogen-bond acceptors (Lipinski definition) is 3. The number of nitrogens with one attached hydrogen (secondary N) is 1. The molecule has 0 saturated carbocycles. The van der Waals surface area contributed by atoms with Gasteiger partial charge in [-0.3, -0.25) is 9.52 Å². The molecule has 0 fully saturated rings. The van der Waals surface area contributed by atoms with Gasteiger partial charge < -0.3 is 0 Å². The van der Waals surface area contributed by atoms with Crippen LogP contribution in [0.2, 0.25) is 5.02 Å². The minimum absolute atomic E-state index is 0.00163. The Hall–Kier alpha value is -2.11. The maximum absolute atomic E-state index is 12.4. The molecule has 0 unspecified atom stereocenters. The average molecular weight is 320 g/mol. The van der Waals surface area contributed by atoms with E-state index in [9.17, 15) is 13.2 Å². The van der Waals surface area contributed by atoms with Gasteiger partial charge in [-0.15, -0.1) is 0 Å². The molecule has 0 bridgehead atoms. The molecule has 0 spiro atoms. The van der Waals surface area contributed by atoms with Gasteiger partial charge in [-0.1, -0.05) is 35.9 Å². The molecule has 0 aromatic heterocycles. The average Bonchev–Trinajstić information content (AvgIpc) is 2.44. The van der Waals surface area contributed by atoms with Crippen molar-refractivity contribution in [3.63, 3.8) is 0 Å². The third kappa shape index (κ3) is 2.57. The first-order valence-corrected chi connectivity index (χ1v) is 7.97. The highest BCUT2D eigenvalue weighted by Gasteiger charge is 2.31. The molecule has 3 rings (SSSR count). The van der Waals surface area contributed by atoms with Crippen LogP contribution in [0.4, 0.5) is 0 Å². The van der Waals surface area contributed by atoms with Crippen molar-refractivity contribution in [3.05, 3.63) is 70.4 Å². The smallest absolute Gasteiger partial charge is 0.262 e. The van der Waals surface area contributed by atoms with Crippen molar-refractivity contribution < 1.29 is 13.2 Å². The zero-order chi connectivity index (χ0) is 15.0. The lowest BCUT2D eigenvalue weighted by Crippen LogP contribution is -2.34. The molecule has 0 saturated heterocycles. The second kappa shape index (κ2) is 5.02. The second-order valence-corrected chi connectivity index (χ2v) is 6.63. The third-order valence-corrected chi connectivity index (χ3v) is 4.73. The van der Waals surface area contributed by atoms with Crippen molar-refractivity contribution in [1.82, 2.24) is 4.72 Å². The summed E-state index contributed by atoms with van der Waals surface area (Å²) in [6.45, 7) is 0. The van der Waals surface area contributed by atoms with Gasteiger partial charge in [0, 0.05) is 10.6 Å². The lowest BCUT2D eigenvalue weighted by atomic mass is 10.1. The highest BCUT2D eigenvalue weighted by atomic mass is 35.5. The van der Waals surface area contributed by atoms with Crippen LogP contribution in [-0.2, 0) is 10.0 Å². The summed E-state index contributed by atoms with van der Waals surface area (Å²) in [5.41, 5.74) is 0.827. The van der Waals surface area contributed by atoms with Crippen molar-refractivity contribution >= 4 is 33.5 Å². The largest absolute Gasteiger partial charge is 0.287 e. The van der Waals surface area contributed by atoms with Crippen LogP contribution in [0.3, 0.4) is 0 Å². The fourth-order valence-electron chi connectivity index (χ4n) is 2.14. The maximum Gasteiger partial charge on any atom is 0.262 e. The Morgan fingerprint density at radius 1 is 1.05 bits per heavy atom. The van der Waals surface area contributed by atoms with Gasteiger partial charge in [-0.25, -0.2) is 8.42 Å². The third-order valence-electron chi connectivity index (χ3n) is 3.07. The molecule has 1 aliphatic rings. The molecule has 0 atom stereocenters. The first-order chi connectivity index (χ1) is 9.97. The summed E-state index contributed by atoms with van der Waals surface area (Å²) in [4.78, 5) is 12.4. The van der Waals surface area contributed by atoms with Crippen LogP contribution >= 0.6 is 11.6 Å². The van der Waals surface area contributed by atoms with Crippen LogP contribution in [0.25, 0.3) is 6.08 Å². The van der Waals surface area contributed by atoms with Crippen molar-refractivity contribution in [3.8, 4) is 0 Å². The Kier molecular flexibility index (Phi) is 3.31. The lowest BCUT2D eigenvalue weighted by molar-refractivity contribution is 0.102. The van der Waals surface area contributed by atoms with Crippen molar-refractivity contribution in [1.29, 1.82) is 0 Å². The first kappa shape index (κ1) is 13.9. The minimum atomic E-state index is -3.73. The fourth-order valence-corrected chi connectivity index (χ4v) is 3.60. The van der Waals surface area contributed by atoms with E-state index in [1.807, 2.05) is 0 Å². The molecule has 4 nitrogen and oxygen atoms in total. The molecular formula is C15H10ClNO3S. The number of carbonyl (C=O) groups is 1. The topological polar surface area (TPSA) is 63.2 Å². The fraction of sp³-hybridized carbons (Fsp3) is 0. The number of halogens is 1. The summed E-state index contributed by atoms with van der Waals surface area (Å²) in [6, 6.07) is 12.9. The number of sulfonamides is 1. The van der Waals surface area contributed by atoms with E-state index in [2.05, 4.69) is 4.72 Å². The normalized spacial score (nSPS) is 18.1. The van der Waals surface area contributed by atoms with Gasteiger partial charge in [0.2, 0.25) is 5.78 Å². The van der Waals surface area contributed by atoms with Crippen LogP contribution in [0.1, 0.15) is 15.9 Å².